The van der Waals surface area contributed by atoms with E-state index in [0.717, 1.165) is 72.1 Å². The summed E-state index contributed by atoms with van der Waals surface area (Å²) in [5, 5.41) is 8.43. The van der Waals surface area contributed by atoms with Gasteiger partial charge in [0, 0.05) is 64.1 Å². The van der Waals surface area contributed by atoms with Gasteiger partial charge in [0.05, 0.1) is 22.6 Å². The van der Waals surface area contributed by atoms with E-state index in [1.807, 2.05) is 11.3 Å². The second kappa shape index (κ2) is 12.8. The molecule has 3 nitrogen and oxygen atoms in total. The standard InChI is InChI=1S/C51H31N3S/c1-3-16-33(17-4-1)48-45(49(34-18-5-2-6-19-34)54-51(53-48)40-26-14-20-32-15-7-8-23-37(32)40)35-21-13-22-36(31-35)47-42-30-29-39-38-24-10-12-28-44(38)55-50(39)46(42)41-25-9-11-27-43(41)52-47/h1-31H. The van der Waals surface area contributed by atoms with Gasteiger partial charge in [-0.3, -0.25) is 0 Å². The highest BCUT2D eigenvalue weighted by molar-refractivity contribution is 7.26. The Morgan fingerprint density at radius 3 is 1.73 bits per heavy atom. The molecule has 0 saturated heterocycles. The Kier molecular flexibility index (Phi) is 7.35. The molecule has 8 aromatic carbocycles. The second-order valence-electron chi connectivity index (χ2n) is 13.9. The molecular formula is C51H31N3S. The van der Waals surface area contributed by atoms with Crippen LogP contribution in [0.25, 0.3) is 109 Å². The van der Waals surface area contributed by atoms with Crippen molar-refractivity contribution >= 4 is 64.0 Å². The first-order valence-electron chi connectivity index (χ1n) is 18.5. The number of hydrogen-bond donors (Lipinski definition) is 0. The smallest absolute Gasteiger partial charge is 0.161 e. The highest BCUT2D eigenvalue weighted by Crippen LogP contribution is 2.45. The van der Waals surface area contributed by atoms with Gasteiger partial charge in [0.1, 0.15) is 0 Å². The summed E-state index contributed by atoms with van der Waals surface area (Å²) in [6.45, 7) is 0. The van der Waals surface area contributed by atoms with E-state index < -0.39 is 0 Å². The number of rotatable bonds is 5. The van der Waals surface area contributed by atoms with Crippen LogP contribution in [0.1, 0.15) is 0 Å². The summed E-state index contributed by atoms with van der Waals surface area (Å²) in [4.78, 5) is 16.3. The van der Waals surface area contributed by atoms with Gasteiger partial charge in [-0.25, -0.2) is 15.0 Å². The van der Waals surface area contributed by atoms with Crippen LogP contribution in [0.5, 0.6) is 0 Å². The minimum atomic E-state index is 0.698. The van der Waals surface area contributed by atoms with E-state index in [9.17, 15) is 0 Å². The zero-order chi connectivity index (χ0) is 36.3. The highest BCUT2D eigenvalue weighted by Gasteiger charge is 2.22. The first-order chi connectivity index (χ1) is 27.3. The van der Waals surface area contributed by atoms with Crippen LogP contribution in [-0.4, -0.2) is 15.0 Å². The molecule has 0 saturated carbocycles. The number of hydrogen-bond acceptors (Lipinski definition) is 4. The third-order valence-electron chi connectivity index (χ3n) is 10.7. The van der Waals surface area contributed by atoms with Crippen LogP contribution in [0.4, 0.5) is 0 Å². The number of fused-ring (bicyclic) bond motifs is 8. The van der Waals surface area contributed by atoms with Gasteiger partial charge < -0.3 is 0 Å². The quantitative estimate of drug-likeness (QED) is 0.166. The molecule has 0 spiro atoms. The van der Waals surface area contributed by atoms with Gasteiger partial charge in [-0.2, -0.15) is 0 Å². The molecular weight excluding hydrogens is 687 g/mol. The van der Waals surface area contributed by atoms with Gasteiger partial charge in [0.2, 0.25) is 0 Å². The second-order valence-corrected chi connectivity index (χ2v) is 15.0. The fourth-order valence-electron chi connectivity index (χ4n) is 8.14. The number of para-hydroxylation sites is 1. The lowest BCUT2D eigenvalue weighted by atomic mass is 9.91. The topological polar surface area (TPSA) is 38.7 Å². The maximum atomic E-state index is 5.45. The maximum absolute atomic E-state index is 5.45. The summed E-state index contributed by atoms with van der Waals surface area (Å²) in [6, 6.07) is 66.4. The Balaban J connectivity index is 1.20. The van der Waals surface area contributed by atoms with E-state index in [-0.39, 0.29) is 0 Å². The van der Waals surface area contributed by atoms with Crippen molar-refractivity contribution in [2.45, 2.75) is 0 Å². The van der Waals surface area contributed by atoms with E-state index >= 15 is 0 Å². The third-order valence-corrected chi connectivity index (χ3v) is 11.9. The SMILES string of the molecule is c1ccc(-c2nc(-c3cccc4ccccc34)nc(-c3ccccc3)c2-c2cccc(-c3nc4ccccc4c4c3ccc3c5ccccc5sc34)c2)cc1. The molecule has 256 valence electrons. The maximum Gasteiger partial charge on any atom is 0.161 e. The number of thiophene rings is 1. The molecule has 3 aromatic heterocycles. The van der Waals surface area contributed by atoms with Gasteiger partial charge in [0.25, 0.3) is 0 Å². The average molecular weight is 718 g/mol. The van der Waals surface area contributed by atoms with Crippen molar-refractivity contribution in [1.29, 1.82) is 0 Å². The average Bonchev–Trinajstić information content (AvgIpc) is 3.65. The molecule has 3 heterocycles. The van der Waals surface area contributed by atoms with Crippen LogP contribution in [-0.2, 0) is 0 Å². The summed E-state index contributed by atoms with van der Waals surface area (Å²) in [6.07, 6.45) is 0. The Labute approximate surface area is 321 Å². The van der Waals surface area contributed by atoms with Crippen LogP contribution in [0.15, 0.2) is 188 Å². The van der Waals surface area contributed by atoms with Gasteiger partial charge in [-0.1, -0.05) is 170 Å². The minimum Gasteiger partial charge on any atom is -0.247 e. The molecule has 11 rings (SSSR count). The van der Waals surface area contributed by atoms with Crippen molar-refractivity contribution in [3.05, 3.63) is 188 Å². The van der Waals surface area contributed by atoms with Gasteiger partial charge in [0.15, 0.2) is 5.82 Å². The molecule has 4 heteroatoms. The summed E-state index contributed by atoms with van der Waals surface area (Å²) >= 11 is 1.86. The van der Waals surface area contributed by atoms with Crippen molar-refractivity contribution in [1.82, 2.24) is 15.0 Å². The Morgan fingerprint density at radius 1 is 0.364 bits per heavy atom. The zero-order valence-corrected chi connectivity index (χ0v) is 30.5. The van der Waals surface area contributed by atoms with Gasteiger partial charge in [-0.15, -0.1) is 11.3 Å². The molecule has 0 atom stereocenters. The monoisotopic (exact) mass is 717 g/mol. The van der Waals surface area contributed by atoms with Crippen LogP contribution in [0, 0.1) is 0 Å². The highest BCUT2D eigenvalue weighted by atomic mass is 32.1. The lowest BCUT2D eigenvalue weighted by Gasteiger charge is -2.18. The molecule has 0 radical (unpaired) electrons. The molecule has 0 amide bonds. The predicted octanol–water partition coefficient (Wildman–Crippen LogP) is 14.0. The fourth-order valence-corrected chi connectivity index (χ4v) is 9.41. The summed E-state index contributed by atoms with van der Waals surface area (Å²) in [5.41, 5.74) is 9.86. The molecule has 0 aliphatic rings. The largest absolute Gasteiger partial charge is 0.247 e. The van der Waals surface area contributed by atoms with E-state index in [4.69, 9.17) is 15.0 Å². The molecule has 0 unspecified atom stereocenters. The van der Waals surface area contributed by atoms with Crippen LogP contribution >= 0.6 is 11.3 Å². The Morgan fingerprint density at radius 2 is 0.945 bits per heavy atom. The number of benzene rings is 8. The number of pyridine rings is 1. The van der Waals surface area contributed by atoms with E-state index in [2.05, 4.69) is 188 Å². The van der Waals surface area contributed by atoms with Crippen LogP contribution in [0.2, 0.25) is 0 Å². The van der Waals surface area contributed by atoms with Crippen molar-refractivity contribution < 1.29 is 0 Å². The first-order valence-corrected chi connectivity index (χ1v) is 19.3. The first kappa shape index (κ1) is 31.5. The molecule has 0 fully saturated rings. The lowest BCUT2D eigenvalue weighted by molar-refractivity contribution is 1.19. The molecule has 11 aromatic rings. The fraction of sp³-hybridized carbons (Fsp3) is 0. The number of aromatic nitrogens is 3. The molecule has 0 N–H and O–H groups in total. The minimum absolute atomic E-state index is 0.698. The Bertz CT molecular complexity index is 3190. The van der Waals surface area contributed by atoms with E-state index in [1.165, 1.54) is 30.9 Å². The van der Waals surface area contributed by atoms with Gasteiger partial charge >= 0.3 is 0 Å². The molecule has 55 heavy (non-hydrogen) atoms. The molecule has 0 aliphatic carbocycles. The van der Waals surface area contributed by atoms with E-state index in [1.54, 1.807) is 0 Å². The molecule has 0 aliphatic heterocycles. The van der Waals surface area contributed by atoms with Crippen molar-refractivity contribution in [2.75, 3.05) is 0 Å². The van der Waals surface area contributed by atoms with E-state index in [0.29, 0.717) is 5.82 Å². The predicted molar refractivity (Wildman–Crippen MR) is 232 cm³/mol. The van der Waals surface area contributed by atoms with Gasteiger partial charge in [-0.05, 0) is 34.5 Å². The molecule has 0 bridgehead atoms. The van der Waals surface area contributed by atoms with Crippen LogP contribution < -0.4 is 0 Å². The van der Waals surface area contributed by atoms with Crippen LogP contribution in [0.3, 0.4) is 0 Å². The summed E-state index contributed by atoms with van der Waals surface area (Å²) < 4.78 is 2.59. The Hall–Kier alpha value is -7.01. The van der Waals surface area contributed by atoms with Crippen molar-refractivity contribution in [3.8, 4) is 56.3 Å². The summed E-state index contributed by atoms with van der Waals surface area (Å²) in [7, 11) is 0. The lowest BCUT2D eigenvalue weighted by Crippen LogP contribution is -2.01. The zero-order valence-electron chi connectivity index (χ0n) is 29.6. The van der Waals surface area contributed by atoms with Crippen molar-refractivity contribution in [3.63, 3.8) is 0 Å². The van der Waals surface area contributed by atoms with Crippen molar-refractivity contribution in [2.24, 2.45) is 0 Å². The normalized spacial score (nSPS) is 11.6. The summed E-state index contributed by atoms with van der Waals surface area (Å²) in [5.74, 6) is 0.698. The third kappa shape index (κ3) is 5.22. The number of nitrogens with zero attached hydrogens (tertiary/aromatic N) is 3.